The number of benzene rings is 3. The predicted octanol–water partition coefficient (Wildman–Crippen LogP) is 6.24. The molecule has 3 amide bonds. The van der Waals surface area contributed by atoms with Crippen LogP contribution in [0.1, 0.15) is 29.6 Å². The lowest BCUT2D eigenvalue weighted by atomic mass is 10.1. The molecule has 1 aliphatic rings. The van der Waals surface area contributed by atoms with E-state index < -0.39 is 6.03 Å². The Kier molecular flexibility index (Phi) is 7.54. The molecule has 176 valence electrons. The zero-order valence-corrected chi connectivity index (χ0v) is 19.7. The number of carbonyl (C=O) groups is 2. The summed E-state index contributed by atoms with van der Waals surface area (Å²) in [5.41, 5.74) is 3.12. The highest BCUT2D eigenvalue weighted by atomic mass is 35.5. The molecule has 0 unspecified atom stereocenters. The van der Waals surface area contributed by atoms with E-state index in [-0.39, 0.29) is 5.91 Å². The average molecular weight is 479 g/mol. The second-order valence-electron chi connectivity index (χ2n) is 8.02. The number of hydrogen-bond donors (Lipinski definition) is 3. The number of amides is 3. The Morgan fingerprint density at radius 1 is 0.853 bits per heavy atom. The predicted molar refractivity (Wildman–Crippen MR) is 138 cm³/mol. The minimum absolute atomic E-state index is 0.217. The van der Waals surface area contributed by atoms with Gasteiger partial charge in [0, 0.05) is 29.4 Å². The molecule has 1 aliphatic heterocycles. The van der Waals surface area contributed by atoms with Crippen LogP contribution in [-0.4, -0.2) is 32.1 Å². The topological polar surface area (TPSA) is 82.7 Å². The summed E-state index contributed by atoms with van der Waals surface area (Å²) in [7, 11) is 1.53. The Balaban J connectivity index is 1.57. The number of nitrogens with one attached hydrogen (secondary N) is 3. The molecule has 0 saturated carbocycles. The van der Waals surface area contributed by atoms with Crippen LogP contribution in [0.15, 0.2) is 66.7 Å². The third kappa shape index (κ3) is 5.80. The molecule has 3 aromatic carbocycles. The molecule has 1 saturated heterocycles. The minimum Gasteiger partial charge on any atom is -0.495 e. The first kappa shape index (κ1) is 23.4. The number of rotatable bonds is 6. The van der Waals surface area contributed by atoms with Crippen LogP contribution in [-0.2, 0) is 0 Å². The molecule has 34 heavy (non-hydrogen) atoms. The molecule has 8 heteroatoms. The molecule has 3 N–H and O–H groups in total. The molecule has 0 bridgehead atoms. The summed E-state index contributed by atoms with van der Waals surface area (Å²) in [6, 6.07) is 19.1. The van der Waals surface area contributed by atoms with Gasteiger partial charge >= 0.3 is 6.03 Å². The average Bonchev–Trinajstić information content (AvgIpc) is 2.85. The van der Waals surface area contributed by atoms with Crippen LogP contribution in [0, 0.1) is 0 Å². The second-order valence-corrected chi connectivity index (χ2v) is 8.46. The maximum absolute atomic E-state index is 12.9. The number of carbonyl (C=O) groups excluding carboxylic acids is 2. The fourth-order valence-corrected chi connectivity index (χ4v) is 4.14. The van der Waals surface area contributed by atoms with Gasteiger partial charge in [0.05, 0.1) is 24.2 Å². The maximum atomic E-state index is 12.9. The molecule has 3 aromatic rings. The van der Waals surface area contributed by atoms with Gasteiger partial charge in [0.1, 0.15) is 5.75 Å². The van der Waals surface area contributed by atoms with Gasteiger partial charge < -0.3 is 25.6 Å². The standard InChI is InChI=1S/C26H27ClN4O3/c1-34-24-13-10-19(27)16-22(24)30-26(33)29-21-17-20(28-25(32)18-8-4-2-5-9-18)11-12-23(21)31-14-6-3-7-15-31/h2,4-5,8-13,16-17H,3,6-7,14-15H2,1H3,(H,28,32)(H2,29,30,33). The third-order valence-electron chi connectivity index (χ3n) is 5.65. The molecule has 7 nitrogen and oxygen atoms in total. The van der Waals surface area contributed by atoms with Gasteiger partial charge in [0.2, 0.25) is 0 Å². The second kappa shape index (κ2) is 10.9. The first-order valence-electron chi connectivity index (χ1n) is 11.2. The van der Waals surface area contributed by atoms with Crippen molar-refractivity contribution >= 4 is 46.3 Å². The monoisotopic (exact) mass is 478 g/mol. The number of urea groups is 1. The highest BCUT2D eigenvalue weighted by Crippen LogP contribution is 2.33. The van der Waals surface area contributed by atoms with E-state index in [1.54, 1.807) is 36.4 Å². The number of anilines is 4. The zero-order valence-electron chi connectivity index (χ0n) is 18.9. The van der Waals surface area contributed by atoms with Crippen molar-refractivity contribution in [2.75, 3.05) is 41.0 Å². The summed E-state index contributed by atoms with van der Waals surface area (Å²) in [6.07, 6.45) is 3.38. The first-order valence-corrected chi connectivity index (χ1v) is 11.6. The van der Waals surface area contributed by atoms with E-state index in [0.717, 1.165) is 31.6 Å². The van der Waals surface area contributed by atoms with Gasteiger partial charge in [-0.05, 0) is 67.8 Å². The number of piperidine rings is 1. The number of methoxy groups -OCH3 is 1. The first-order chi connectivity index (χ1) is 16.5. The van der Waals surface area contributed by atoms with Crippen molar-refractivity contribution in [3.05, 3.63) is 77.3 Å². The van der Waals surface area contributed by atoms with Crippen molar-refractivity contribution < 1.29 is 14.3 Å². The van der Waals surface area contributed by atoms with E-state index in [9.17, 15) is 9.59 Å². The molecule has 0 atom stereocenters. The molecule has 0 radical (unpaired) electrons. The van der Waals surface area contributed by atoms with E-state index in [1.165, 1.54) is 13.5 Å². The molecular weight excluding hydrogens is 452 g/mol. The van der Waals surface area contributed by atoms with Gasteiger partial charge in [-0.15, -0.1) is 0 Å². The highest BCUT2D eigenvalue weighted by molar-refractivity contribution is 6.31. The van der Waals surface area contributed by atoms with Crippen LogP contribution >= 0.6 is 11.6 Å². The molecule has 1 fully saturated rings. The smallest absolute Gasteiger partial charge is 0.323 e. The number of ether oxygens (including phenoxy) is 1. The molecule has 0 spiro atoms. The number of halogens is 1. The highest BCUT2D eigenvalue weighted by Gasteiger charge is 2.18. The van der Waals surface area contributed by atoms with E-state index in [0.29, 0.717) is 33.4 Å². The third-order valence-corrected chi connectivity index (χ3v) is 5.88. The van der Waals surface area contributed by atoms with Crippen LogP contribution < -0.4 is 25.6 Å². The fraction of sp³-hybridized carbons (Fsp3) is 0.231. The summed E-state index contributed by atoms with van der Waals surface area (Å²) >= 11 is 6.09. The van der Waals surface area contributed by atoms with E-state index in [4.69, 9.17) is 16.3 Å². The summed E-state index contributed by atoms with van der Waals surface area (Å²) in [5.74, 6) is 0.282. The Labute approximate surface area is 204 Å². The van der Waals surface area contributed by atoms with Crippen molar-refractivity contribution in [1.82, 2.24) is 0 Å². The van der Waals surface area contributed by atoms with Gasteiger partial charge in [-0.2, -0.15) is 0 Å². The Hall–Kier alpha value is -3.71. The van der Waals surface area contributed by atoms with Crippen LogP contribution in [0.3, 0.4) is 0 Å². The van der Waals surface area contributed by atoms with Crippen LogP contribution in [0.5, 0.6) is 5.75 Å². The van der Waals surface area contributed by atoms with Crippen molar-refractivity contribution in [2.45, 2.75) is 19.3 Å². The molecule has 4 rings (SSSR count). The molecule has 0 aliphatic carbocycles. The van der Waals surface area contributed by atoms with Gasteiger partial charge in [0.15, 0.2) is 0 Å². The van der Waals surface area contributed by atoms with Gasteiger partial charge in [-0.3, -0.25) is 4.79 Å². The largest absolute Gasteiger partial charge is 0.495 e. The Morgan fingerprint density at radius 2 is 1.59 bits per heavy atom. The quantitative estimate of drug-likeness (QED) is 0.392. The zero-order chi connectivity index (χ0) is 23.9. The number of nitrogens with zero attached hydrogens (tertiary/aromatic N) is 1. The van der Waals surface area contributed by atoms with E-state index in [1.807, 2.05) is 30.3 Å². The van der Waals surface area contributed by atoms with Crippen molar-refractivity contribution in [1.29, 1.82) is 0 Å². The lowest BCUT2D eigenvalue weighted by Crippen LogP contribution is -2.31. The van der Waals surface area contributed by atoms with Crippen molar-refractivity contribution in [3.63, 3.8) is 0 Å². The van der Waals surface area contributed by atoms with Crippen molar-refractivity contribution in [3.8, 4) is 5.75 Å². The van der Waals surface area contributed by atoms with Crippen LogP contribution in [0.25, 0.3) is 0 Å². The Morgan fingerprint density at radius 3 is 2.32 bits per heavy atom. The number of hydrogen-bond acceptors (Lipinski definition) is 4. The summed E-state index contributed by atoms with van der Waals surface area (Å²) in [4.78, 5) is 27.8. The molecular formula is C26H27ClN4O3. The Bertz CT molecular complexity index is 1160. The lowest BCUT2D eigenvalue weighted by molar-refractivity contribution is 0.102. The summed E-state index contributed by atoms with van der Waals surface area (Å²) < 4.78 is 5.32. The van der Waals surface area contributed by atoms with E-state index >= 15 is 0 Å². The fourth-order valence-electron chi connectivity index (χ4n) is 3.97. The van der Waals surface area contributed by atoms with E-state index in [2.05, 4.69) is 20.9 Å². The lowest BCUT2D eigenvalue weighted by Gasteiger charge is -2.31. The van der Waals surface area contributed by atoms with Gasteiger partial charge in [-0.1, -0.05) is 29.8 Å². The summed E-state index contributed by atoms with van der Waals surface area (Å²) in [6.45, 7) is 1.82. The molecule has 1 heterocycles. The summed E-state index contributed by atoms with van der Waals surface area (Å²) in [5, 5.41) is 9.13. The van der Waals surface area contributed by atoms with Crippen molar-refractivity contribution in [2.24, 2.45) is 0 Å². The molecule has 0 aromatic heterocycles. The minimum atomic E-state index is -0.439. The normalized spacial score (nSPS) is 13.2. The van der Waals surface area contributed by atoms with Gasteiger partial charge in [-0.25, -0.2) is 4.79 Å². The van der Waals surface area contributed by atoms with Gasteiger partial charge in [0.25, 0.3) is 5.91 Å². The van der Waals surface area contributed by atoms with Crippen LogP contribution in [0.2, 0.25) is 5.02 Å². The SMILES string of the molecule is COc1ccc(Cl)cc1NC(=O)Nc1cc(NC(=O)c2ccccc2)ccc1N1CCCCC1. The maximum Gasteiger partial charge on any atom is 0.323 e. The van der Waals surface area contributed by atoms with Crippen LogP contribution in [0.4, 0.5) is 27.5 Å².